The molecular formula is C9H14S. The lowest BCUT2D eigenvalue weighted by Gasteiger charge is -2.33. The van der Waals surface area contributed by atoms with Crippen molar-refractivity contribution in [1.82, 2.24) is 0 Å². The highest BCUT2D eigenvalue weighted by atomic mass is 32.2. The molecule has 0 aromatic rings. The summed E-state index contributed by atoms with van der Waals surface area (Å²) in [6.07, 6.45) is 1.37. The first-order valence-electron chi connectivity index (χ1n) is 4.09. The molecule has 0 radical (unpaired) electrons. The van der Waals surface area contributed by atoms with Crippen LogP contribution in [0.2, 0.25) is 0 Å². The fourth-order valence-electron chi connectivity index (χ4n) is 1.99. The molecule has 0 fully saturated rings. The topological polar surface area (TPSA) is 0 Å². The Morgan fingerprint density at radius 3 is 2.50 bits per heavy atom. The summed E-state index contributed by atoms with van der Waals surface area (Å²) in [5.41, 5.74) is 1.77. The molecule has 0 bridgehead atoms. The number of thioether (sulfide) groups is 1. The minimum Gasteiger partial charge on any atom is -0.127 e. The smallest absolute Gasteiger partial charge is 0.0101 e. The Kier molecular flexibility index (Phi) is 1.38. The first-order chi connectivity index (χ1) is 4.70. The lowest BCUT2D eigenvalue weighted by atomic mass is 9.75. The Morgan fingerprint density at radius 1 is 1.20 bits per heavy atom. The van der Waals surface area contributed by atoms with Gasteiger partial charge in [-0.05, 0) is 23.2 Å². The summed E-state index contributed by atoms with van der Waals surface area (Å²) in [5, 5.41) is 0.873. The van der Waals surface area contributed by atoms with E-state index in [-0.39, 0.29) is 0 Å². The zero-order valence-electron chi connectivity index (χ0n) is 6.85. The minimum absolute atomic E-state index is 0.873. The van der Waals surface area contributed by atoms with E-state index in [4.69, 9.17) is 0 Å². The quantitative estimate of drug-likeness (QED) is 0.517. The van der Waals surface area contributed by atoms with Crippen molar-refractivity contribution in [2.24, 2.45) is 11.8 Å². The van der Waals surface area contributed by atoms with Crippen molar-refractivity contribution in [3.63, 3.8) is 0 Å². The second kappa shape index (κ2) is 2.04. The van der Waals surface area contributed by atoms with Crippen molar-refractivity contribution in [2.75, 3.05) is 0 Å². The Bertz CT molecular complexity index is 173. The van der Waals surface area contributed by atoms with Gasteiger partial charge >= 0.3 is 0 Å². The second-order valence-corrected chi connectivity index (χ2v) is 5.08. The molecule has 1 aliphatic carbocycles. The van der Waals surface area contributed by atoms with Gasteiger partial charge in [0.1, 0.15) is 0 Å². The average Bonchev–Trinajstić information content (AvgIpc) is 2.27. The van der Waals surface area contributed by atoms with Crippen molar-refractivity contribution >= 4 is 11.8 Å². The maximum absolute atomic E-state index is 2.36. The first-order valence-corrected chi connectivity index (χ1v) is 4.97. The van der Waals surface area contributed by atoms with Gasteiger partial charge in [-0.2, -0.15) is 0 Å². The number of hydrogen-bond donors (Lipinski definition) is 0. The van der Waals surface area contributed by atoms with Gasteiger partial charge in [0.2, 0.25) is 0 Å². The predicted octanol–water partition coefficient (Wildman–Crippen LogP) is 3.05. The normalized spacial score (nSPS) is 45.3. The largest absolute Gasteiger partial charge is 0.127 e. The first kappa shape index (κ1) is 6.78. The van der Waals surface area contributed by atoms with Gasteiger partial charge in [-0.3, -0.25) is 0 Å². The Morgan fingerprint density at radius 2 is 1.90 bits per heavy atom. The second-order valence-electron chi connectivity index (χ2n) is 3.60. The number of allylic oxidation sites excluding steroid dienone is 2. The van der Waals surface area contributed by atoms with Crippen molar-refractivity contribution in [3.05, 3.63) is 10.5 Å². The standard InChI is InChI=1S/C9H14S/c1-5-4-8-6(2)7(3)9(8)10-5/h5-7H,4H2,1-3H3/t5-,6?,7?/m0/s1. The third-order valence-corrected chi connectivity index (χ3v) is 4.32. The minimum atomic E-state index is 0.873. The Labute approximate surface area is 67.1 Å². The van der Waals surface area contributed by atoms with Crippen LogP contribution in [0.25, 0.3) is 0 Å². The molecule has 0 aromatic heterocycles. The molecule has 10 heavy (non-hydrogen) atoms. The summed E-state index contributed by atoms with van der Waals surface area (Å²) >= 11 is 2.11. The Balaban J connectivity index is 2.19. The highest BCUT2D eigenvalue weighted by molar-refractivity contribution is 8.04. The summed E-state index contributed by atoms with van der Waals surface area (Å²) < 4.78 is 0. The van der Waals surface area contributed by atoms with Gasteiger partial charge in [0, 0.05) is 5.25 Å². The molecule has 0 spiro atoms. The van der Waals surface area contributed by atoms with Crippen LogP contribution >= 0.6 is 11.8 Å². The van der Waals surface area contributed by atoms with Gasteiger partial charge < -0.3 is 0 Å². The fourth-order valence-corrected chi connectivity index (χ4v) is 3.52. The van der Waals surface area contributed by atoms with Gasteiger partial charge in [0.15, 0.2) is 0 Å². The lowest BCUT2D eigenvalue weighted by Crippen LogP contribution is -2.21. The zero-order chi connectivity index (χ0) is 7.30. The van der Waals surface area contributed by atoms with Crippen LogP contribution in [-0.2, 0) is 0 Å². The van der Waals surface area contributed by atoms with Crippen LogP contribution in [0.5, 0.6) is 0 Å². The molecule has 0 amide bonds. The third-order valence-electron chi connectivity index (χ3n) is 2.87. The average molecular weight is 154 g/mol. The van der Waals surface area contributed by atoms with Gasteiger partial charge in [-0.1, -0.05) is 26.3 Å². The SMILES string of the molecule is CC1C2=C(S[C@@H](C)C2)C1C. The van der Waals surface area contributed by atoms with E-state index in [2.05, 4.69) is 32.5 Å². The molecule has 0 saturated heterocycles. The monoisotopic (exact) mass is 154 g/mol. The highest BCUT2D eigenvalue weighted by Crippen LogP contribution is 2.55. The van der Waals surface area contributed by atoms with Crippen LogP contribution in [0.1, 0.15) is 27.2 Å². The fraction of sp³-hybridized carbons (Fsp3) is 0.778. The highest BCUT2D eigenvalue weighted by Gasteiger charge is 2.39. The molecule has 1 heterocycles. The maximum atomic E-state index is 2.36. The molecule has 2 rings (SSSR count). The summed E-state index contributed by atoms with van der Waals surface area (Å²) in [4.78, 5) is 1.72. The molecule has 2 aliphatic rings. The van der Waals surface area contributed by atoms with E-state index in [0.29, 0.717) is 0 Å². The maximum Gasteiger partial charge on any atom is 0.0101 e. The van der Waals surface area contributed by atoms with Crippen molar-refractivity contribution < 1.29 is 0 Å². The molecule has 1 aliphatic heterocycles. The summed E-state index contributed by atoms with van der Waals surface area (Å²) in [5.74, 6) is 1.78. The molecule has 56 valence electrons. The van der Waals surface area contributed by atoms with Crippen LogP contribution in [0.15, 0.2) is 10.5 Å². The van der Waals surface area contributed by atoms with E-state index in [0.717, 1.165) is 17.1 Å². The molecule has 0 nitrogen and oxygen atoms in total. The van der Waals surface area contributed by atoms with Gasteiger partial charge in [0.05, 0.1) is 0 Å². The van der Waals surface area contributed by atoms with Crippen LogP contribution in [-0.4, -0.2) is 5.25 Å². The predicted molar refractivity (Wildman–Crippen MR) is 47.0 cm³/mol. The van der Waals surface area contributed by atoms with Crippen molar-refractivity contribution in [3.8, 4) is 0 Å². The molecule has 2 unspecified atom stereocenters. The molecule has 0 aromatic carbocycles. The molecule has 1 heteroatoms. The van der Waals surface area contributed by atoms with Crippen LogP contribution in [0.3, 0.4) is 0 Å². The Hall–Kier alpha value is 0.0900. The summed E-state index contributed by atoms with van der Waals surface area (Å²) in [6.45, 7) is 7.05. The van der Waals surface area contributed by atoms with Gasteiger partial charge in [-0.15, -0.1) is 11.8 Å². The third kappa shape index (κ3) is 0.701. The summed E-state index contributed by atoms with van der Waals surface area (Å²) in [6, 6.07) is 0. The molecule has 0 saturated carbocycles. The summed E-state index contributed by atoms with van der Waals surface area (Å²) in [7, 11) is 0. The van der Waals surface area contributed by atoms with Gasteiger partial charge in [-0.25, -0.2) is 0 Å². The number of rotatable bonds is 0. The van der Waals surface area contributed by atoms with E-state index in [1.165, 1.54) is 6.42 Å². The van der Waals surface area contributed by atoms with E-state index in [1.807, 2.05) is 0 Å². The van der Waals surface area contributed by atoms with E-state index in [9.17, 15) is 0 Å². The van der Waals surface area contributed by atoms with E-state index < -0.39 is 0 Å². The van der Waals surface area contributed by atoms with Crippen molar-refractivity contribution in [1.29, 1.82) is 0 Å². The molecule has 0 N–H and O–H groups in total. The van der Waals surface area contributed by atoms with Crippen molar-refractivity contribution in [2.45, 2.75) is 32.4 Å². The zero-order valence-corrected chi connectivity index (χ0v) is 7.66. The van der Waals surface area contributed by atoms with E-state index >= 15 is 0 Å². The van der Waals surface area contributed by atoms with E-state index in [1.54, 1.807) is 10.5 Å². The molecular weight excluding hydrogens is 140 g/mol. The lowest BCUT2D eigenvalue weighted by molar-refractivity contribution is 0.443. The van der Waals surface area contributed by atoms with Crippen LogP contribution in [0.4, 0.5) is 0 Å². The number of hydrogen-bond acceptors (Lipinski definition) is 1. The van der Waals surface area contributed by atoms with Gasteiger partial charge in [0.25, 0.3) is 0 Å². The molecule has 3 atom stereocenters. The van der Waals surface area contributed by atoms with Crippen LogP contribution in [0, 0.1) is 11.8 Å². The van der Waals surface area contributed by atoms with Crippen LogP contribution < -0.4 is 0 Å².